The molecule has 8 heteroatoms. The van der Waals surface area contributed by atoms with Gasteiger partial charge in [-0.05, 0) is 50.3 Å². The minimum absolute atomic E-state index is 0.174. The van der Waals surface area contributed by atoms with Crippen molar-refractivity contribution in [3.63, 3.8) is 0 Å². The molecule has 0 unspecified atom stereocenters. The van der Waals surface area contributed by atoms with Crippen LogP contribution < -0.4 is 15.4 Å². The Morgan fingerprint density at radius 2 is 1.93 bits per heavy atom. The molecule has 1 saturated carbocycles. The topological polar surface area (TPSA) is 96.6 Å². The largest absolute Gasteiger partial charge is 0.497 e. The van der Waals surface area contributed by atoms with Crippen LogP contribution >= 0.6 is 0 Å². The van der Waals surface area contributed by atoms with E-state index in [2.05, 4.69) is 20.8 Å². The number of rotatable bonds is 6. The standard InChI is InChI=1S/C20H30N6O2/c1-14-24-25-19(26(14)2)13-22-20(23-16-6-8-17(27)9-7-16)21-12-15-4-10-18(28-3)11-5-15/h4-5,10-11,16-17,27H,6-9,12-13H2,1-3H3,(H2,21,22,23). The number of nitrogens with one attached hydrogen (secondary N) is 2. The Balaban J connectivity index is 1.66. The van der Waals surface area contributed by atoms with Crippen molar-refractivity contribution < 1.29 is 9.84 Å². The predicted molar refractivity (Wildman–Crippen MR) is 108 cm³/mol. The van der Waals surface area contributed by atoms with E-state index in [1.807, 2.05) is 42.8 Å². The van der Waals surface area contributed by atoms with Gasteiger partial charge in [-0.15, -0.1) is 10.2 Å². The molecule has 1 heterocycles. The van der Waals surface area contributed by atoms with Crippen molar-refractivity contribution in [2.45, 2.75) is 57.8 Å². The fourth-order valence-electron chi connectivity index (χ4n) is 3.24. The van der Waals surface area contributed by atoms with Crippen LogP contribution in [0.3, 0.4) is 0 Å². The number of methoxy groups -OCH3 is 1. The highest BCUT2D eigenvalue weighted by molar-refractivity contribution is 5.80. The smallest absolute Gasteiger partial charge is 0.192 e. The number of aryl methyl sites for hydroxylation is 1. The first-order valence-corrected chi connectivity index (χ1v) is 9.76. The molecule has 1 fully saturated rings. The number of benzene rings is 1. The summed E-state index contributed by atoms with van der Waals surface area (Å²) in [7, 11) is 3.62. The zero-order valence-corrected chi connectivity index (χ0v) is 16.9. The third kappa shape index (κ3) is 5.45. The van der Waals surface area contributed by atoms with Gasteiger partial charge in [-0.1, -0.05) is 12.1 Å². The van der Waals surface area contributed by atoms with Crippen molar-refractivity contribution >= 4 is 5.96 Å². The van der Waals surface area contributed by atoms with Crippen LogP contribution in [0.2, 0.25) is 0 Å². The number of aliphatic imine (C=N–C) groups is 1. The highest BCUT2D eigenvalue weighted by atomic mass is 16.5. The predicted octanol–water partition coefficient (Wildman–Crippen LogP) is 1.67. The van der Waals surface area contributed by atoms with Crippen molar-refractivity contribution in [2.24, 2.45) is 12.0 Å². The van der Waals surface area contributed by atoms with Gasteiger partial charge in [0.2, 0.25) is 0 Å². The molecule has 0 spiro atoms. The van der Waals surface area contributed by atoms with E-state index in [1.54, 1.807) is 7.11 Å². The molecular weight excluding hydrogens is 356 g/mol. The molecule has 1 aromatic carbocycles. The second-order valence-electron chi connectivity index (χ2n) is 7.24. The van der Waals surface area contributed by atoms with E-state index >= 15 is 0 Å². The summed E-state index contributed by atoms with van der Waals surface area (Å²) in [6.45, 7) is 3.04. The second kappa shape index (κ2) is 9.54. The van der Waals surface area contributed by atoms with E-state index in [0.717, 1.165) is 54.6 Å². The van der Waals surface area contributed by atoms with Crippen molar-refractivity contribution in [3.05, 3.63) is 41.5 Å². The molecule has 3 N–H and O–H groups in total. The summed E-state index contributed by atoms with van der Waals surface area (Å²) in [5.41, 5.74) is 1.11. The fraction of sp³-hybridized carbons (Fsp3) is 0.550. The summed E-state index contributed by atoms with van der Waals surface area (Å²) in [5, 5.41) is 24.9. The Bertz CT molecular complexity index is 778. The summed E-state index contributed by atoms with van der Waals surface area (Å²) in [4.78, 5) is 4.75. The van der Waals surface area contributed by atoms with Gasteiger partial charge in [0.1, 0.15) is 11.6 Å². The molecule has 28 heavy (non-hydrogen) atoms. The number of ether oxygens (including phenoxy) is 1. The number of aromatic nitrogens is 3. The number of hydrogen-bond donors (Lipinski definition) is 3. The number of nitrogens with zero attached hydrogens (tertiary/aromatic N) is 4. The zero-order chi connectivity index (χ0) is 19.9. The van der Waals surface area contributed by atoms with Crippen molar-refractivity contribution in [3.8, 4) is 5.75 Å². The third-order valence-corrected chi connectivity index (χ3v) is 5.21. The lowest BCUT2D eigenvalue weighted by molar-refractivity contribution is 0.120. The Morgan fingerprint density at radius 3 is 2.54 bits per heavy atom. The van der Waals surface area contributed by atoms with Gasteiger partial charge in [-0.25, -0.2) is 4.99 Å². The van der Waals surface area contributed by atoms with Gasteiger partial charge >= 0.3 is 0 Å². The van der Waals surface area contributed by atoms with Crippen LogP contribution in [0.5, 0.6) is 5.75 Å². The third-order valence-electron chi connectivity index (χ3n) is 5.21. The maximum atomic E-state index is 9.74. The summed E-state index contributed by atoms with van der Waals surface area (Å²) >= 11 is 0. The first kappa shape index (κ1) is 20.1. The normalized spacial score (nSPS) is 20.1. The Hall–Kier alpha value is -2.61. The molecule has 1 aliphatic carbocycles. The van der Waals surface area contributed by atoms with Crippen molar-refractivity contribution in [1.82, 2.24) is 25.4 Å². The van der Waals surface area contributed by atoms with Crippen molar-refractivity contribution in [1.29, 1.82) is 0 Å². The molecule has 2 aromatic rings. The number of guanidine groups is 1. The maximum Gasteiger partial charge on any atom is 0.192 e. The lowest BCUT2D eigenvalue weighted by atomic mass is 9.93. The number of aliphatic hydroxyl groups excluding tert-OH is 1. The zero-order valence-electron chi connectivity index (χ0n) is 16.9. The summed E-state index contributed by atoms with van der Waals surface area (Å²) in [6.07, 6.45) is 3.35. The van der Waals surface area contributed by atoms with Crippen LogP contribution in [0.25, 0.3) is 0 Å². The summed E-state index contributed by atoms with van der Waals surface area (Å²) < 4.78 is 7.17. The van der Waals surface area contributed by atoms with E-state index in [4.69, 9.17) is 9.73 Å². The van der Waals surface area contributed by atoms with Crippen LogP contribution in [0, 0.1) is 6.92 Å². The lowest BCUT2D eigenvalue weighted by Crippen LogP contribution is -2.45. The maximum absolute atomic E-state index is 9.74. The molecule has 0 bridgehead atoms. The van der Waals surface area contributed by atoms with Gasteiger partial charge < -0.3 is 25.0 Å². The quantitative estimate of drug-likeness (QED) is 0.516. The van der Waals surface area contributed by atoms with Crippen molar-refractivity contribution in [2.75, 3.05) is 7.11 Å². The van der Waals surface area contributed by atoms with Gasteiger partial charge in [0.25, 0.3) is 0 Å². The van der Waals surface area contributed by atoms with E-state index < -0.39 is 0 Å². The highest BCUT2D eigenvalue weighted by Crippen LogP contribution is 2.18. The average Bonchev–Trinajstić information content (AvgIpc) is 3.04. The molecule has 1 aromatic heterocycles. The molecule has 0 aliphatic heterocycles. The first-order chi connectivity index (χ1) is 13.5. The van der Waals surface area contributed by atoms with E-state index in [9.17, 15) is 5.11 Å². The molecule has 0 radical (unpaired) electrons. The van der Waals surface area contributed by atoms with E-state index in [-0.39, 0.29) is 6.10 Å². The Kier molecular flexibility index (Phi) is 6.86. The molecule has 0 atom stereocenters. The first-order valence-electron chi connectivity index (χ1n) is 9.76. The average molecular weight is 387 g/mol. The van der Waals surface area contributed by atoms with Gasteiger partial charge in [-0.2, -0.15) is 0 Å². The lowest BCUT2D eigenvalue weighted by Gasteiger charge is -2.27. The molecule has 0 amide bonds. The summed E-state index contributed by atoms with van der Waals surface area (Å²) in [6, 6.07) is 8.23. The van der Waals surface area contributed by atoms with Crippen LogP contribution in [0.1, 0.15) is 42.9 Å². The van der Waals surface area contributed by atoms with Gasteiger partial charge in [0, 0.05) is 13.1 Å². The van der Waals surface area contributed by atoms with Crippen LogP contribution in [-0.2, 0) is 20.1 Å². The van der Waals surface area contributed by atoms with E-state index in [1.165, 1.54) is 0 Å². The Labute approximate surface area is 166 Å². The molecule has 3 rings (SSSR count). The van der Waals surface area contributed by atoms with Crippen LogP contribution in [-0.4, -0.2) is 45.1 Å². The van der Waals surface area contributed by atoms with Gasteiger partial charge in [0.15, 0.2) is 11.8 Å². The molecule has 8 nitrogen and oxygen atoms in total. The Morgan fingerprint density at radius 1 is 1.21 bits per heavy atom. The summed E-state index contributed by atoms with van der Waals surface area (Å²) in [5.74, 6) is 3.32. The number of hydrogen-bond acceptors (Lipinski definition) is 5. The molecular formula is C20H30N6O2. The monoisotopic (exact) mass is 386 g/mol. The van der Waals surface area contributed by atoms with Crippen LogP contribution in [0.15, 0.2) is 29.3 Å². The minimum Gasteiger partial charge on any atom is -0.497 e. The van der Waals surface area contributed by atoms with E-state index in [0.29, 0.717) is 19.1 Å². The highest BCUT2D eigenvalue weighted by Gasteiger charge is 2.20. The number of aliphatic hydroxyl groups is 1. The van der Waals surface area contributed by atoms with Gasteiger partial charge in [-0.3, -0.25) is 0 Å². The van der Waals surface area contributed by atoms with Gasteiger partial charge in [0.05, 0.1) is 26.3 Å². The molecule has 152 valence electrons. The molecule has 0 saturated heterocycles. The minimum atomic E-state index is -0.174. The fourth-order valence-corrected chi connectivity index (χ4v) is 3.24. The second-order valence-corrected chi connectivity index (χ2v) is 7.24. The van der Waals surface area contributed by atoms with Crippen LogP contribution in [0.4, 0.5) is 0 Å². The molecule has 1 aliphatic rings. The SMILES string of the molecule is COc1ccc(CN=C(NCc2nnc(C)n2C)NC2CCC(O)CC2)cc1.